The molecule has 2 aliphatic carbocycles. The molecule has 0 N–H and O–H groups in total. The number of pyridine rings is 1. The molecule has 0 spiro atoms. The van der Waals surface area contributed by atoms with Gasteiger partial charge in [-0.3, -0.25) is 0 Å². The van der Waals surface area contributed by atoms with E-state index in [1.807, 2.05) is 0 Å². The molecule has 1 aliphatic heterocycles. The molecular formula is C24H20N2. The molecule has 2 nitrogen and oxygen atoms in total. The highest BCUT2D eigenvalue weighted by Gasteiger charge is 2.47. The molecule has 1 saturated carbocycles. The summed E-state index contributed by atoms with van der Waals surface area (Å²) in [7, 11) is 0. The Morgan fingerprint density at radius 3 is 2.92 bits per heavy atom. The molecule has 2 aromatic carbocycles. The van der Waals surface area contributed by atoms with Crippen LogP contribution in [0.1, 0.15) is 30.4 Å². The van der Waals surface area contributed by atoms with Gasteiger partial charge in [-0.25, -0.2) is 4.57 Å². The smallest absolute Gasteiger partial charge is 0.205 e. The first-order valence-corrected chi connectivity index (χ1v) is 9.85. The molecule has 0 saturated heterocycles. The Labute approximate surface area is 152 Å². The largest absolute Gasteiger partial charge is 0.381 e. The lowest BCUT2D eigenvalue weighted by Crippen LogP contribution is -2.59. The number of benzene rings is 2. The average Bonchev–Trinajstić information content (AvgIpc) is 3.29. The summed E-state index contributed by atoms with van der Waals surface area (Å²) in [5.41, 5.74) is 5.85. The number of hydrogen-bond acceptors (Lipinski definition) is 0. The predicted octanol–water partition coefficient (Wildman–Crippen LogP) is 3.99. The third kappa shape index (κ3) is 1.42. The van der Waals surface area contributed by atoms with Crippen LogP contribution in [-0.4, -0.2) is 0 Å². The standard InChI is InChI=1S/C24H20N2/c1-2-9-20-18(7-1)19-12-11-16-14-15-6-5-8-17(15)23-22(16)24(19)26(20)21-10-3-4-13-25(21)23/h1-4,7,9-13,15,17H,5-6,8,14H2. The molecule has 3 heterocycles. The Morgan fingerprint density at radius 1 is 0.962 bits per heavy atom. The second-order valence-electron chi connectivity index (χ2n) is 8.16. The topological polar surface area (TPSA) is 7.76 Å². The first-order valence-electron chi connectivity index (χ1n) is 9.85. The van der Waals surface area contributed by atoms with Crippen molar-refractivity contribution in [1.29, 1.82) is 0 Å². The quantitative estimate of drug-likeness (QED) is 0.339. The van der Waals surface area contributed by atoms with Crippen molar-refractivity contribution in [2.45, 2.75) is 25.7 Å². The second kappa shape index (κ2) is 4.50. The molecule has 2 atom stereocenters. The Morgan fingerprint density at radius 2 is 1.92 bits per heavy atom. The van der Waals surface area contributed by atoms with E-state index in [0.717, 1.165) is 5.92 Å². The Bertz CT molecular complexity index is 1220. The van der Waals surface area contributed by atoms with E-state index in [2.05, 4.69) is 69.9 Å². The van der Waals surface area contributed by atoms with Gasteiger partial charge >= 0.3 is 5.82 Å². The van der Waals surface area contributed by atoms with E-state index in [1.165, 1.54) is 58.9 Å². The minimum Gasteiger partial charge on any atom is -0.205 e. The Kier molecular flexibility index (Phi) is 2.33. The summed E-state index contributed by atoms with van der Waals surface area (Å²) in [6, 6.07) is 21.9. The predicted molar refractivity (Wildman–Crippen MR) is 101 cm³/mol. The van der Waals surface area contributed by atoms with Crippen LogP contribution in [0, 0.1) is 17.9 Å². The highest BCUT2D eigenvalue weighted by molar-refractivity contribution is 6.06. The normalized spacial score (nSPS) is 22.7. The van der Waals surface area contributed by atoms with Gasteiger partial charge in [0.05, 0.1) is 0 Å². The molecule has 0 amide bonds. The van der Waals surface area contributed by atoms with Crippen LogP contribution in [0.3, 0.4) is 0 Å². The number of nitrogens with zero attached hydrogens (tertiary/aromatic N) is 2. The van der Waals surface area contributed by atoms with Gasteiger partial charge < -0.3 is 0 Å². The second-order valence-corrected chi connectivity index (χ2v) is 8.16. The summed E-state index contributed by atoms with van der Waals surface area (Å²) in [5, 5.41) is 2.78. The van der Waals surface area contributed by atoms with Crippen molar-refractivity contribution in [3.8, 4) is 5.82 Å². The summed E-state index contributed by atoms with van der Waals surface area (Å²) in [4.78, 5) is 0. The molecule has 0 bridgehead atoms. The molecule has 7 rings (SSSR count). The molecule has 1 fully saturated rings. The number of fused-ring (bicyclic) bond motifs is 8. The lowest BCUT2D eigenvalue weighted by molar-refractivity contribution is -0.758. The third-order valence-electron chi connectivity index (χ3n) is 7.00. The van der Waals surface area contributed by atoms with Gasteiger partial charge in [0.25, 0.3) is 0 Å². The lowest BCUT2D eigenvalue weighted by Gasteiger charge is -2.37. The van der Waals surface area contributed by atoms with Crippen LogP contribution in [0.15, 0.2) is 60.8 Å². The summed E-state index contributed by atoms with van der Waals surface area (Å²) in [6.07, 6.45) is 7.64. The van der Waals surface area contributed by atoms with Crippen LogP contribution in [-0.2, 0) is 6.42 Å². The number of aromatic nitrogens is 2. The fraction of sp³-hybridized carbons (Fsp3) is 0.250. The van der Waals surface area contributed by atoms with Crippen molar-refractivity contribution >= 4 is 21.8 Å². The first-order chi connectivity index (χ1) is 12.9. The molecule has 2 aromatic heterocycles. The van der Waals surface area contributed by atoms with E-state index < -0.39 is 0 Å². The fourth-order valence-corrected chi connectivity index (χ4v) is 6.02. The maximum atomic E-state index is 2.50. The summed E-state index contributed by atoms with van der Waals surface area (Å²) in [5.74, 6) is 2.84. The van der Waals surface area contributed by atoms with Crippen LogP contribution in [0.5, 0.6) is 0 Å². The van der Waals surface area contributed by atoms with Crippen molar-refractivity contribution in [2.24, 2.45) is 11.8 Å². The van der Waals surface area contributed by atoms with Crippen molar-refractivity contribution in [2.75, 3.05) is 0 Å². The summed E-state index contributed by atoms with van der Waals surface area (Å²) >= 11 is 0. The van der Waals surface area contributed by atoms with E-state index in [-0.39, 0.29) is 0 Å². The molecule has 3 aliphatic rings. The van der Waals surface area contributed by atoms with E-state index in [0.29, 0.717) is 5.92 Å². The first kappa shape index (κ1) is 13.5. The zero-order valence-corrected chi connectivity index (χ0v) is 14.7. The van der Waals surface area contributed by atoms with Crippen LogP contribution in [0.4, 0.5) is 0 Å². The van der Waals surface area contributed by atoms with Gasteiger partial charge in [0.15, 0.2) is 5.52 Å². The summed E-state index contributed by atoms with van der Waals surface area (Å²) < 4.78 is 5.00. The van der Waals surface area contributed by atoms with Crippen LogP contribution < -0.4 is 9.13 Å². The molecule has 2 heteroatoms. The highest BCUT2D eigenvalue weighted by atomic mass is 15.2. The van der Waals surface area contributed by atoms with Crippen LogP contribution >= 0.6 is 0 Å². The lowest BCUT2D eigenvalue weighted by atomic mass is 9.73. The SMILES string of the molecule is c1cc[n+]2c(c1)-[n+]1c3c4c(ccc3c3cccc[c-]31)CC1CCCC1[C-]42. The number of rotatable bonds is 0. The van der Waals surface area contributed by atoms with E-state index >= 15 is 0 Å². The van der Waals surface area contributed by atoms with Gasteiger partial charge in [-0.1, -0.05) is 43.0 Å². The van der Waals surface area contributed by atoms with Gasteiger partial charge in [0, 0.05) is 17.5 Å². The van der Waals surface area contributed by atoms with Crippen LogP contribution in [0.2, 0.25) is 0 Å². The van der Waals surface area contributed by atoms with Crippen molar-refractivity contribution in [3.05, 3.63) is 78.0 Å². The van der Waals surface area contributed by atoms with Gasteiger partial charge in [0.1, 0.15) is 17.8 Å². The highest BCUT2D eigenvalue weighted by Crippen LogP contribution is 2.49. The molecular weight excluding hydrogens is 316 g/mol. The van der Waals surface area contributed by atoms with E-state index in [9.17, 15) is 0 Å². The van der Waals surface area contributed by atoms with Crippen molar-refractivity contribution in [3.63, 3.8) is 0 Å². The molecule has 26 heavy (non-hydrogen) atoms. The monoisotopic (exact) mass is 336 g/mol. The number of hydrogen-bond donors (Lipinski definition) is 0. The molecule has 126 valence electrons. The third-order valence-corrected chi connectivity index (χ3v) is 7.00. The maximum Gasteiger partial charge on any atom is 0.381 e. The Hall–Kier alpha value is -2.74. The maximum absolute atomic E-state index is 2.50. The molecule has 4 aromatic rings. The Balaban J connectivity index is 1.74. The summed E-state index contributed by atoms with van der Waals surface area (Å²) in [6.45, 7) is 0. The average molecular weight is 336 g/mol. The van der Waals surface area contributed by atoms with Gasteiger partial charge in [-0.2, -0.15) is 4.57 Å². The van der Waals surface area contributed by atoms with Crippen LogP contribution in [0.25, 0.3) is 27.6 Å². The minimum absolute atomic E-state index is 0.714. The van der Waals surface area contributed by atoms with Crippen molar-refractivity contribution < 1.29 is 9.13 Å². The zero-order chi connectivity index (χ0) is 16.8. The zero-order valence-electron chi connectivity index (χ0n) is 14.7. The molecule has 2 unspecified atom stereocenters. The minimum atomic E-state index is 0.714. The van der Waals surface area contributed by atoms with Gasteiger partial charge in [-0.05, 0) is 35.2 Å². The molecule has 0 radical (unpaired) electrons. The van der Waals surface area contributed by atoms with E-state index in [1.54, 1.807) is 11.6 Å². The number of para-hydroxylation sites is 1. The van der Waals surface area contributed by atoms with E-state index in [4.69, 9.17) is 0 Å². The van der Waals surface area contributed by atoms with Crippen molar-refractivity contribution in [1.82, 2.24) is 0 Å². The van der Waals surface area contributed by atoms with Gasteiger partial charge in [-0.15, -0.1) is 18.2 Å². The van der Waals surface area contributed by atoms with Gasteiger partial charge in [0.2, 0.25) is 0 Å². The fourth-order valence-electron chi connectivity index (χ4n) is 6.02.